The van der Waals surface area contributed by atoms with Crippen LogP contribution in [0.2, 0.25) is 0 Å². The number of carbonyl (C=O) groups excluding carboxylic acids is 1. The van der Waals surface area contributed by atoms with Crippen molar-refractivity contribution < 1.29 is 23.0 Å². The zero-order chi connectivity index (χ0) is 21.1. The topological polar surface area (TPSA) is 35.5 Å². The van der Waals surface area contributed by atoms with E-state index in [4.69, 9.17) is 9.47 Å². The molecule has 4 atom stereocenters. The van der Waals surface area contributed by atoms with Gasteiger partial charge in [0.15, 0.2) is 0 Å². The van der Waals surface area contributed by atoms with Crippen LogP contribution in [0.5, 0.6) is 0 Å². The average molecular weight is 412 g/mol. The fourth-order valence-electron chi connectivity index (χ4n) is 4.95. The van der Waals surface area contributed by atoms with Gasteiger partial charge in [0.05, 0.1) is 13.2 Å². The number of carbonyl (C=O) groups is 1. The van der Waals surface area contributed by atoms with Crippen molar-refractivity contribution in [3.05, 3.63) is 83.4 Å². The molecule has 0 aromatic heterocycles. The molecule has 0 radical (unpaired) electrons. The SMILES string of the molecule is COC(=O)/C=C/[C@@H]1C2CCC(C2)C[C@@H]1OC(c1ccc(F)cc1)c1ccc(F)cc1. The fraction of sp³-hybridized carbons (Fsp3) is 0.400. The molecule has 2 unspecified atom stereocenters. The molecular formula is C25H26F2O3. The normalized spacial score (nSPS) is 25.7. The summed E-state index contributed by atoms with van der Waals surface area (Å²) in [5, 5.41) is 0. The van der Waals surface area contributed by atoms with Crippen LogP contribution in [0.1, 0.15) is 42.9 Å². The van der Waals surface area contributed by atoms with Crippen LogP contribution >= 0.6 is 0 Å². The van der Waals surface area contributed by atoms with E-state index in [9.17, 15) is 13.6 Å². The van der Waals surface area contributed by atoms with E-state index < -0.39 is 6.10 Å². The summed E-state index contributed by atoms with van der Waals surface area (Å²) >= 11 is 0. The second-order valence-electron chi connectivity index (χ2n) is 8.29. The fourth-order valence-corrected chi connectivity index (χ4v) is 4.95. The minimum atomic E-state index is -0.442. The van der Waals surface area contributed by atoms with E-state index in [1.165, 1.54) is 43.9 Å². The zero-order valence-corrected chi connectivity index (χ0v) is 17.0. The summed E-state index contributed by atoms with van der Waals surface area (Å²) < 4.78 is 38.4. The van der Waals surface area contributed by atoms with Crippen LogP contribution in [0.25, 0.3) is 0 Å². The molecule has 2 fully saturated rings. The van der Waals surface area contributed by atoms with Crippen molar-refractivity contribution in [3.63, 3.8) is 0 Å². The molecule has 3 nitrogen and oxygen atoms in total. The van der Waals surface area contributed by atoms with Crippen LogP contribution in [0.3, 0.4) is 0 Å². The minimum Gasteiger partial charge on any atom is -0.466 e. The van der Waals surface area contributed by atoms with Crippen LogP contribution in [-0.2, 0) is 14.3 Å². The van der Waals surface area contributed by atoms with E-state index in [1.807, 2.05) is 6.08 Å². The Labute approximate surface area is 175 Å². The maximum Gasteiger partial charge on any atom is 0.330 e. The number of halogens is 2. The molecule has 0 spiro atoms. The summed E-state index contributed by atoms with van der Waals surface area (Å²) in [6, 6.07) is 12.5. The van der Waals surface area contributed by atoms with E-state index in [-0.39, 0.29) is 29.6 Å². The smallest absolute Gasteiger partial charge is 0.330 e. The molecule has 30 heavy (non-hydrogen) atoms. The van der Waals surface area contributed by atoms with Crippen molar-refractivity contribution >= 4 is 5.97 Å². The van der Waals surface area contributed by atoms with Crippen LogP contribution in [0.4, 0.5) is 8.78 Å². The summed E-state index contributed by atoms with van der Waals surface area (Å²) in [5.74, 6) is 0.188. The quantitative estimate of drug-likeness (QED) is 0.457. The number of fused-ring (bicyclic) bond motifs is 2. The van der Waals surface area contributed by atoms with Gasteiger partial charge in [-0.05, 0) is 66.5 Å². The van der Waals surface area contributed by atoms with Crippen molar-refractivity contribution in [1.29, 1.82) is 0 Å². The van der Waals surface area contributed by atoms with E-state index >= 15 is 0 Å². The van der Waals surface area contributed by atoms with Gasteiger partial charge in [0.25, 0.3) is 0 Å². The van der Waals surface area contributed by atoms with Gasteiger partial charge in [-0.2, -0.15) is 0 Å². The molecule has 158 valence electrons. The summed E-state index contributed by atoms with van der Waals surface area (Å²) in [4.78, 5) is 11.7. The largest absolute Gasteiger partial charge is 0.466 e. The molecule has 2 saturated carbocycles. The average Bonchev–Trinajstić information content (AvgIpc) is 3.15. The van der Waals surface area contributed by atoms with Gasteiger partial charge in [-0.15, -0.1) is 0 Å². The highest BCUT2D eigenvalue weighted by molar-refractivity contribution is 5.81. The highest BCUT2D eigenvalue weighted by Crippen LogP contribution is 2.48. The van der Waals surface area contributed by atoms with Crippen molar-refractivity contribution in [1.82, 2.24) is 0 Å². The number of ether oxygens (including phenoxy) is 2. The van der Waals surface area contributed by atoms with Gasteiger partial charge in [-0.25, -0.2) is 13.6 Å². The van der Waals surface area contributed by atoms with Crippen LogP contribution < -0.4 is 0 Å². The molecule has 0 saturated heterocycles. The predicted molar refractivity (Wildman–Crippen MR) is 110 cm³/mol. The lowest BCUT2D eigenvalue weighted by molar-refractivity contribution is -0.134. The molecule has 2 bridgehead atoms. The highest BCUT2D eigenvalue weighted by Gasteiger charge is 2.42. The van der Waals surface area contributed by atoms with Crippen molar-refractivity contribution in [3.8, 4) is 0 Å². The third-order valence-corrected chi connectivity index (χ3v) is 6.43. The lowest BCUT2D eigenvalue weighted by Gasteiger charge is -2.37. The standard InChI is InChI=1S/C25H26F2O3/c1-29-24(28)13-12-22-19-3-2-16(14-19)15-23(22)30-25(17-4-8-20(26)9-5-17)18-6-10-21(27)11-7-18/h4-13,16,19,22-23,25H,2-3,14-15H2,1H3/b13-12+/t16?,19?,22-,23+/m1/s1. The minimum absolute atomic E-state index is 0.0859. The zero-order valence-electron chi connectivity index (χ0n) is 17.0. The maximum absolute atomic E-state index is 13.5. The third kappa shape index (κ3) is 4.62. The van der Waals surface area contributed by atoms with Crippen LogP contribution in [0.15, 0.2) is 60.7 Å². The molecule has 5 heteroatoms. The van der Waals surface area contributed by atoms with Gasteiger partial charge in [0.2, 0.25) is 0 Å². The molecule has 2 aromatic carbocycles. The van der Waals surface area contributed by atoms with Crippen LogP contribution in [-0.4, -0.2) is 19.2 Å². The van der Waals surface area contributed by atoms with Crippen LogP contribution in [0, 0.1) is 29.4 Å². The van der Waals surface area contributed by atoms with E-state index in [1.54, 1.807) is 24.3 Å². The summed E-state index contributed by atoms with van der Waals surface area (Å²) in [5.41, 5.74) is 1.63. The van der Waals surface area contributed by atoms with Gasteiger partial charge in [0, 0.05) is 12.0 Å². The lowest BCUT2D eigenvalue weighted by Crippen LogP contribution is -2.34. The van der Waals surface area contributed by atoms with E-state index in [2.05, 4.69) is 0 Å². The first-order valence-electron chi connectivity index (χ1n) is 10.5. The molecule has 0 amide bonds. The van der Waals surface area contributed by atoms with E-state index in [0.717, 1.165) is 30.4 Å². The second-order valence-corrected chi connectivity index (χ2v) is 8.29. The first-order valence-corrected chi connectivity index (χ1v) is 10.5. The van der Waals surface area contributed by atoms with Gasteiger partial charge in [-0.3, -0.25) is 0 Å². The second kappa shape index (κ2) is 9.09. The van der Waals surface area contributed by atoms with Gasteiger partial charge in [0.1, 0.15) is 17.7 Å². The highest BCUT2D eigenvalue weighted by atomic mass is 19.1. The van der Waals surface area contributed by atoms with E-state index in [0.29, 0.717) is 11.8 Å². The first-order chi connectivity index (χ1) is 14.5. The Morgan fingerprint density at radius 2 is 1.57 bits per heavy atom. The number of hydrogen-bond acceptors (Lipinski definition) is 3. The Morgan fingerprint density at radius 3 is 2.13 bits per heavy atom. The Morgan fingerprint density at radius 1 is 0.967 bits per heavy atom. The van der Waals surface area contributed by atoms with Crippen molar-refractivity contribution in [2.24, 2.45) is 17.8 Å². The Kier molecular flexibility index (Phi) is 6.28. The number of rotatable bonds is 6. The Bertz CT molecular complexity index is 846. The molecular weight excluding hydrogens is 386 g/mol. The summed E-state index contributed by atoms with van der Waals surface area (Å²) in [6.45, 7) is 0. The van der Waals surface area contributed by atoms with Gasteiger partial charge >= 0.3 is 5.97 Å². The maximum atomic E-state index is 13.5. The summed E-state index contributed by atoms with van der Waals surface area (Å²) in [6.07, 6.45) is 7.24. The van der Waals surface area contributed by atoms with Crippen molar-refractivity contribution in [2.75, 3.05) is 7.11 Å². The first kappa shape index (κ1) is 20.7. The van der Waals surface area contributed by atoms with Gasteiger partial charge < -0.3 is 9.47 Å². The number of benzene rings is 2. The Balaban J connectivity index is 1.64. The third-order valence-electron chi connectivity index (χ3n) is 6.43. The lowest BCUT2D eigenvalue weighted by atomic mass is 9.77. The molecule has 0 aliphatic heterocycles. The number of hydrogen-bond donors (Lipinski definition) is 0. The number of esters is 1. The molecule has 2 aliphatic rings. The molecule has 0 N–H and O–H groups in total. The molecule has 0 heterocycles. The molecule has 2 aromatic rings. The Hall–Kier alpha value is -2.53. The monoisotopic (exact) mass is 412 g/mol. The van der Waals surface area contributed by atoms with Crippen molar-refractivity contribution in [2.45, 2.75) is 37.9 Å². The molecule has 4 rings (SSSR count). The predicted octanol–water partition coefficient (Wildman–Crippen LogP) is 5.60. The van der Waals surface area contributed by atoms with Gasteiger partial charge in [-0.1, -0.05) is 36.8 Å². The molecule has 2 aliphatic carbocycles. The summed E-state index contributed by atoms with van der Waals surface area (Å²) in [7, 11) is 1.37. The number of methoxy groups -OCH3 is 1.